The molecule has 17 heavy (non-hydrogen) atoms. The first-order valence-electron chi connectivity index (χ1n) is 5.40. The summed E-state index contributed by atoms with van der Waals surface area (Å²) < 4.78 is 0. The maximum absolute atomic E-state index is 11.1. The second-order valence-electron chi connectivity index (χ2n) is 4.06. The van der Waals surface area contributed by atoms with Crippen LogP contribution < -0.4 is 16.4 Å². The number of hydrogen-bond donors (Lipinski definition) is 2. The topological polar surface area (TPSA) is 98.1 Å². The van der Waals surface area contributed by atoms with Gasteiger partial charge in [0.2, 0.25) is 5.91 Å². The summed E-state index contributed by atoms with van der Waals surface area (Å²) in [7, 11) is 0. The monoisotopic (exact) mass is 255 g/mol. The number of nitrogens with two attached hydrogens (primary N) is 2. The Morgan fingerprint density at radius 1 is 1.41 bits per heavy atom. The zero-order valence-electron chi connectivity index (χ0n) is 9.27. The predicted molar refractivity (Wildman–Crippen MR) is 65.6 cm³/mol. The van der Waals surface area contributed by atoms with E-state index in [1.54, 1.807) is 0 Å². The van der Waals surface area contributed by atoms with Gasteiger partial charge in [-0.1, -0.05) is 11.6 Å². The van der Waals surface area contributed by atoms with E-state index in [2.05, 4.69) is 9.97 Å². The Bertz CT molecular complexity index is 431. The number of carbonyl (C=O) groups is 1. The summed E-state index contributed by atoms with van der Waals surface area (Å²) in [4.78, 5) is 21.0. The lowest BCUT2D eigenvalue weighted by Crippen LogP contribution is -2.39. The summed E-state index contributed by atoms with van der Waals surface area (Å²) >= 11 is 6.04. The van der Waals surface area contributed by atoms with Crippen LogP contribution in [0, 0.1) is 5.92 Å². The van der Waals surface area contributed by atoms with Gasteiger partial charge in [0.05, 0.1) is 0 Å². The molecule has 2 rings (SSSR count). The molecule has 0 bridgehead atoms. The van der Waals surface area contributed by atoms with E-state index in [9.17, 15) is 4.79 Å². The Morgan fingerprint density at radius 2 is 2.06 bits per heavy atom. The van der Waals surface area contributed by atoms with Crippen LogP contribution in [0.1, 0.15) is 12.8 Å². The van der Waals surface area contributed by atoms with Gasteiger partial charge in [-0.15, -0.1) is 0 Å². The van der Waals surface area contributed by atoms with Gasteiger partial charge in [0.25, 0.3) is 0 Å². The van der Waals surface area contributed by atoms with Gasteiger partial charge >= 0.3 is 0 Å². The van der Waals surface area contributed by atoms with Crippen molar-refractivity contribution < 1.29 is 4.79 Å². The summed E-state index contributed by atoms with van der Waals surface area (Å²) in [6.07, 6.45) is 2.82. The Morgan fingerprint density at radius 3 is 2.65 bits per heavy atom. The van der Waals surface area contributed by atoms with Crippen molar-refractivity contribution in [3.8, 4) is 0 Å². The van der Waals surface area contributed by atoms with Gasteiger partial charge in [-0.3, -0.25) is 4.79 Å². The van der Waals surface area contributed by atoms with Crippen LogP contribution in [0.2, 0.25) is 5.02 Å². The molecule has 0 radical (unpaired) electrons. The van der Waals surface area contributed by atoms with Crippen LogP contribution in [-0.2, 0) is 4.79 Å². The standard InChI is InChI=1S/C10H14ClN5O/c11-7-8(12)14-5-15-10(7)16-3-1-6(2-4-16)9(13)17/h5-6H,1-4H2,(H2,13,17)(H2,12,14,15). The van der Waals surface area contributed by atoms with Crippen molar-refractivity contribution >= 4 is 29.1 Å². The van der Waals surface area contributed by atoms with E-state index in [-0.39, 0.29) is 17.6 Å². The highest BCUT2D eigenvalue weighted by atomic mass is 35.5. The molecular weight excluding hydrogens is 242 g/mol. The predicted octanol–water partition coefficient (Wildman–Crippen LogP) is 0.414. The molecule has 0 aliphatic carbocycles. The Balaban J connectivity index is 2.10. The summed E-state index contributed by atoms with van der Waals surface area (Å²) in [6, 6.07) is 0. The molecule has 92 valence electrons. The fraction of sp³-hybridized carbons (Fsp3) is 0.500. The lowest BCUT2D eigenvalue weighted by molar-refractivity contribution is -0.122. The average molecular weight is 256 g/mol. The van der Waals surface area contributed by atoms with Crippen LogP contribution in [0.15, 0.2) is 6.33 Å². The normalized spacial score (nSPS) is 17.1. The third-order valence-electron chi connectivity index (χ3n) is 2.99. The van der Waals surface area contributed by atoms with Crippen LogP contribution in [0.3, 0.4) is 0 Å². The first kappa shape index (κ1) is 11.9. The summed E-state index contributed by atoms with van der Waals surface area (Å²) in [6.45, 7) is 1.40. The number of nitrogen functional groups attached to an aromatic ring is 1. The molecule has 1 aliphatic heterocycles. The van der Waals surface area contributed by atoms with Gasteiger partial charge in [-0.25, -0.2) is 9.97 Å². The Labute approximate surface area is 104 Å². The van der Waals surface area contributed by atoms with E-state index < -0.39 is 0 Å². The van der Waals surface area contributed by atoms with Gasteiger partial charge in [0.1, 0.15) is 17.2 Å². The highest BCUT2D eigenvalue weighted by molar-refractivity contribution is 6.35. The molecular formula is C10H14ClN5O. The maximum atomic E-state index is 11.1. The Kier molecular flexibility index (Phi) is 3.33. The molecule has 1 fully saturated rings. The number of nitrogens with zero attached hydrogens (tertiary/aromatic N) is 3. The van der Waals surface area contributed by atoms with Crippen LogP contribution in [-0.4, -0.2) is 29.0 Å². The number of carbonyl (C=O) groups excluding carboxylic acids is 1. The number of primary amides is 1. The molecule has 1 saturated heterocycles. The van der Waals surface area contributed by atoms with Gasteiger partial charge in [-0.05, 0) is 12.8 Å². The number of anilines is 2. The minimum Gasteiger partial charge on any atom is -0.382 e. The van der Waals surface area contributed by atoms with Crippen LogP contribution >= 0.6 is 11.6 Å². The molecule has 2 heterocycles. The number of hydrogen-bond acceptors (Lipinski definition) is 5. The third kappa shape index (κ3) is 2.41. The van der Waals surface area contributed by atoms with Crippen LogP contribution in [0.4, 0.5) is 11.6 Å². The smallest absolute Gasteiger partial charge is 0.220 e. The number of aromatic nitrogens is 2. The Hall–Kier alpha value is -1.56. The van der Waals surface area contributed by atoms with Crippen molar-refractivity contribution in [2.45, 2.75) is 12.8 Å². The van der Waals surface area contributed by atoms with E-state index >= 15 is 0 Å². The quantitative estimate of drug-likeness (QED) is 0.798. The highest BCUT2D eigenvalue weighted by Crippen LogP contribution is 2.29. The molecule has 0 atom stereocenters. The van der Waals surface area contributed by atoms with E-state index in [1.165, 1.54) is 6.33 Å². The molecule has 1 aromatic heterocycles. The molecule has 0 saturated carbocycles. The fourth-order valence-electron chi connectivity index (χ4n) is 1.97. The average Bonchev–Trinajstić information content (AvgIpc) is 2.33. The van der Waals surface area contributed by atoms with Crippen molar-refractivity contribution in [1.82, 2.24) is 9.97 Å². The van der Waals surface area contributed by atoms with Gasteiger partial charge in [-0.2, -0.15) is 0 Å². The number of rotatable bonds is 2. The highest BCUT2D eigenvalue weighted by Gasteiger charge is 2.25. The van der Waals surface area contributed by atoms with Crippen molar-refractivity contribution in [2.75, 3.05) is 23.7 Å². The molecule has 0 spiro atoms. The zero-order valence-corrected chi connectivity index (χ0v) is 10.0. The lowest BCUT2D eigenvalue weighted by Gasteiger charge is -2.31. The van der Waals surface area contributed by atoms with E-state index in [1.807, 2.05) is 4.90 Å². The third-order valence-corrected chi connectivity index (χ3v) is 3.36. The molecule has 4 N–H and O–H groups in total. The SMILES string of the molecule is NC(=O)C1CCN(c2ncnc(N)c2Cl)CC1. The van der Waals surface area contributed by atoms with Crippen molar-refractivity contribution in [2.24, 2.45) is 11.7 Å². The first-order chi connectivity index (χ1) is 8.09. The van der Waals surface area contributed by atoms with E-state index in [0.717, 1.165) is 12.8 Å². The fourth-order valence-corrected chi connectivity index (χ4v) is 2.19. The molecule has 1 aromatic rings. The molecule has 0 aromatic carbocycles. The summed E-state index contributed by atoms with van der Waals surface area (Å²) in [5, 5.41) is 0.366. The van der Waals surface area contributed by atoms with Gasteiger partial charge in [0.15, 0.2) is 5.82 Å². The summed E-state index contributed by atoms with van der Waals surface area (Å²) in [5.74, 6) is 0.609. The largest absolute Gasteiger partial charge is 0.382 e. The molecule has 6 nitrogen and oxygen atoms in total. The number of amides is 1. The zero-order chi connectivity index (χ0) is 12.4. The van der Waals surface area contributed by atoms with E-state index in [4.69, 9.17) is 23.1 Å². The molecule has 7 heteroatoms. The molecule has 1 aliphatic rings. The molecule has 1 amide bonds. The lowest BCUT2D eigenvalue weighted by atomic mass is 9.96. The minimum absolute atomic E-state index is 0.0517. The number of piperidine rings is 1. The van der Waals surface area contributed by atoms with E-state index in [0.29, 0.717) is 23.9 Å². The van der Waals surface area contributed by atoms with Crippen LogP contribution in [0.5, 0.6) is 0 Å². The second-order valence-corrected chi connectivity index (χ2v) is 4.44. The maximum Gasteiger partial charge on any atom is 0.220 e. The van der Waals surface area contributed by atoms with Gasteiger partial charge < -0.3 is 16.4 Å². The first-order valence-corrected chi connectivity index (χ1v) is 5.77. The second kappa shape index (κ2) is 4.75. The van der Waals surface area contributed by atoms with Gasteiger partial charge in [0, 0.05) is 19.0 Å². The summed E-state index contributed by atoms with van der Waals surface area (Å²) in [5.41, 5.74) is 10.9. The minimum atomic E-state index is -0.238. The van der Waals surface area contributed by atoms with Crippen molar-refractivity contribution in [3.05, 3.63) is 11.3 Å². The molecule has 0 unspecified atom stereocenters. The van der Waals surface area contributed by atoms with Crippen molar-refractivity contribution in [1.29, 1.82) is 0 Å². The van der Waals surface area contributed by atoms with Crippen molar-refractivity contribution in [3.63, 3.8) is 0 Å². The number of halogens is 1. The van der Waals surface area contributed by atoms with Crippen LogP contribution in [0.25, 0.3) is 0 Å².